The molecular formula is C16H21N5O. The van der Waals surface area contributed by atoms with Gasteiger partial charge in [0.1, 0.15) is 5.82 Å². The monoisotopic (exact) mass is 299 g/mol. The van der Waals surface area contributed by atoms with Crippen LogP contribution in [0.1, 0.15) is 41.7 Å². The van der Waals surface area contributed by atoms with Crippen molar-refractivity contribution in [2.24, 2.45) is 7.05 Å². The number of hydrogen-bond acceptors (Lipinski definition) is 4. The molecule has 0 spiro atoms. The van der Waals surface area contributed by atoms with Gasteiger partial charge < -0.3 is 10.2 Å². The van der Waals surface area contributed by atoms with E-state index in [9.17, 15) is 4.79 Å². The number of rotatable bonds is 4. The molecule has 3 rings (SSSR count). The minimum Gasteiger partial charge on any atom is -0.363 e. The van der Waals surface area contributed by atoms with Gasteiger partial charge in [-0.1, -0.05) is 0 Å². The van der Waals surface area contributed by atoms with Crippen molar-refractivity contribution in [3.63, 3.8) is 0 Å². The average Bonchev–Trinajstić information content (AvgIpc) is 3.18. The maximum absolute atomic E-state index is 12.6. The molecule has 1 aliphatic heterocycles. The summed E-state index contributed by atoms with van der Waals surface area (Å²) in [5.74, 6) is 0.697. The topological polar surface area (TPSA) is 63.1 Å². The van der Waals surface area contributed by atoms with Gasteiger partial charge in [0.25, 0.3) is 5.91 Å². The fourth-order valence-corrected chi connectivity index (χ4v) is 2.74. The van der Waals surface area contributed by atoms with E-state index in [4.69, 9.17) is 0 Å². The Bertz CT molecular complexity index is 660. The first-order valence-electron chi connectivity index (χ1n) is 7.64. The SMILES string of the molecule is CC(Nc1ncccc1C(=O)N1CCCC1)c1cnn(C)c1. The van der Waals surface area contributed by atoms with Crippen LogP contribution in [0.4, 0.5) is 5.82 Å². The first-order chi connectivity index (χ1) is 10.6. The van der Waals surface area contributed by atoms with Crippen LogP contribution in [-0.2, 0) is 7.05 Å². The van der Waals surface area contributed by atoms with Crippen molar-refractivity contribution in [3.05, 3.63) is 41.9 Å². The second kappa shape index (κ2) is 6.17. The lowest BCUT2D eigenvalue weighted by atomic mass is 10.1. The van der Waals surface area contributed by atoms with Crippen molar-refractivity contribution in [2.75, 3.05) is 18.4 Å². The van der Waals surface area contributed by atoms with Crippen LogP contribution in [0.2, 0.25) is 0 Å². The van der Waals surface area contributed by atoms with E-state index in [0.29, 0.717) is 11.4 Å². The predicted octanol–water partition coefficient (Wildman–Crippen LogP) is 2.22. The number of nitrogens with one attached hydrogen (secondary N) is 1. The summed E-state index contributed by atoms with van der Waals surface area (Å²) in [6.45, 7) is 3.71. The molecule has 1 unspecified atom stereocenters. The van der Waals surface area contributed by atoms with Crippen LogP contribution in [-0.4, -0.2) is 38.7 Å². The molecule has 2 aromatic rings. The Morgan fingerprint density at radius 3 is 2.82 bits per heavy atom. The van der Waals surface area contributed by atoms with Crippen molar-refractivity contribution < 1.29 is 4.79 Å². The standard InChI is InChI=1S/C16H21N5O/c1-12(13-10-18-20(2)11-13)19-15-14(6-5-7-17-15)16(22)21-8-3-4-9-21/h5-7,10-12H,3-4,8-9H2,1-2H3,(H,17,19). The van der Waals surface area contributed by atoms with Gasteiger partial charge in [0, 0.05) is 38.1 Å². The van der Waals surface area contributed by atoms with Crippen molar-refractivity contribution in [2.45, 2.75) is 25.8 Å². The molecule has 1 atom stereocenters. The number of aryl methyl sites for hydroxylation is 1. The Hall–Kier alpha value is -2.37. The summed E-state index contributed by atoms with van der Waals surface area (Å²) in [7, 11) is 1.89. The minimum absolute atomic E-state index is 0.0359. The minimum atomic E-state index is 0.0359. The highest BCUT2D eigenvalue weighted by Crippen LogP contribution is 2.22. The molecule has 1 N–H and O–H groups in total. The number of aromatic nitrogens is 3. The normalized spacial score (nSPS) is 15.8. The first kappa shape index (κ1) is 14.6. The Balaban J connectivity index is 1.80. The van der Waals surface area contributed by atoms with Gasteiger partial charge in [-0.3, -0.25) is 9.48 Å². The van der Waals surface area contributed by atoms with Crippen molar-refractivity contribution in [1.82, 2.24) is 19.7 Å². The van der Waals surface area contributed by atoms with E-state index in [1.54, 1.807) is 10.9 Å². The molecule has 1 saturated heterocycles. The molecule has 1 fully saturated rings. The number of nitrogens with zero attached hydrogens (tertiary/aromatic N) is 4. The van der Waals surface area contributed by atoms with Crippen LogP contribution in [0.5, 0.6) is 0 Å². The summed E-state index contributed by atoms with van der Waals surface area (Å²) in [6, 6.07) is 3.68. The average molecular weight is 299 g/mol. The summed E-state index contributed by atoms with van der Waals surface area (Å²) in [4.78, 5) is 18.9. The van der Waals surface area contributed by atoms with Gasteiger partial charge in [-0.05, 0) is 31.9 Å². The zero-order chi connectivity index (χ0) is 15.5. The fourth-order valence-electron chi connectivity index (χ4n) is 2.74. The number of amides is 1. The molecule has 2 aromatic heterocycles. The van der Waals surface area contributed by atoms with Crippen LogP contribution in [0, 0.1) is 0 Å². The second-order valence-electron chi connectivity index (χ2n) is 5.71. The quantitative estimate of drug-likeness (QED) is 0.940. The second-order valence-corrected chi connectivity index (χ2v) is 5.71. The highest BCUT2D eigenvalue weighted by atomic mass is 16.2. The molecule has 3 heterocycles. The van der Waals surface area contributed by atoms with Crippen molar-refractivity contribution >= 4 is 11.7 Å². The van der Waals surface area contributed by atoms with E-state index in [1.165, 1.54) is 0 Å². The molecule has 0 aromatic carbocycles. The molecule has 0 radical (unpaired) electrons. The Morgan fingerprint density at radius 1 is 1.36 bits per heavy atom. The lowest BCUT2D eigenvalue weighted by Crippen LogP contribution is -2.28. The van der Waals surface area contributed by atoms with Crippen molar-refractivity contribution in [1.29, 1.82) is 0 Å². The van der Waals surface area contributed by atoms with Gasteiger partial charge in [0.15, 0.2) is 0 Å². The maximum atomic E-state index is 12.6. The highest BCUT2D eigenvalue weighted by Gasteiger charge is 2.23. The molecule has 0 bridgehead atoms. The third-order valence-electron chi connectivity index (χ3n) is 4.01. The van der Waals surface area contributed by atoms with Crippen LogP contribution in [0.3, 0.4) is 0 Å². The summed E-state index contributed by atoms with van der Waals surface area (Å²) in [5.41, 5.74) is 1.70. The third kappa shape index (κ3) is 2.95. The predicted molar refractivity (Wildman–Crippen MR) is 84.6 cm³/mol. The van der Waals surface area contributed by atoms with Crippen LogP contribution >= 0.6 is 0 Å². The van der Waals surface area contributed by atoms with Gasteiger partial charge in [0.2, 0.25) is 0 Å². The molecule has 22 heavy (non-hydrogen) atoms. The summed E-state index contributed by atoms with van der Waals surface area (Å²) in [6.07, 6.45) is 7.66. The van der Waals surface area contributed by atoms with Gasteiger partial charge in [-0.25, -0.2) is 4.98 Å². The number of anilines is 1. The molecule has 1 aliphatic rings. The van der Waals surface area contributed by atoms with Gasteiger partial charge in [0.05, 0.1) is 17.8 Å². The molecule has 0 saturated carbocycles. The Morgan fingerprint density at radius 2 is 2.14 bits per heavy atom. The Kier molecular flexibility index (Phi) is 4.09. The molecule has 116 valence electrons. The largest absolute Gasteiger partial charge is 0.363 e. The summed E-state index contributed by atoms with van der Waals surface area (Å²) in [5, 5.41) is 7.51. The van der Waals surface area contributed by atoms with Crippen LogP contribution < -0.4 is 5.32 Å². The lowest BCUT2D eigenvalue weighted by Gasteiger charge is -2.19. The Labute approximate surface area is 130 Å². The highest BCUT2D eigenvalue weighted by molar-refractivity contribution is 5.98. The van der Waals surface area contributed by atoms with E-state index in [-0.39, 0.29) is 11.9 Å². The first-order valence-corrected chi connectivity index (χ1v) is 7.64. The van der Waals surface area contributed by atoms with E-state index in [0.717, 1.165) is 31.5 Å². The van der Waals surface area contributed by atoms with Gasteiger partial charge >= 0.3 is 0 Å². The molecule has 6 nitrogen and oxygen atoms in total. The van der Waals surface area contributed by atoms with Gasteiger partial charge in [-0.15, -0.1) is 0 Å². The number of hydrogen-bond donors (Lipinski definition) is 1. The molecule has 0 aliphatic carbocycles. The smallest absolute Gasteiger partial charge is 0.257 e. The van der Waals surface area contributed by atoms with E-state index < -0.39 is 0 Å². The zero-order valence-corrected chi connectivity index (χ0v) is 13.0. The van der Waals surface area contributed by atoms with Crippen molar-refractivity contribution in [3.8, 4) is 0 Å². The summed E-state index contributed by atoms with van der Waals surface area (Å²) >= 11 is 0. The lowest BCUT2D eigenvalue weighted by molar-refractivity contribution is 0.0793. The summed E-state index contributed by atoms with van der Waals surface area (Å²) < 4.78 is 1.77. The van der Waals surface area contributed by atoms with Gasteiger partial charge in [-0.2, -0.15) is 5.10 Å². The molecule has 6 heteroatoms. The van der Waals surface area contributed by atoms with Crippen LogP contribution in [0.15, 0.2) is 30.7 Å². The number of pyridine rings is 1. The van der Waals surface area contributed by atoms with E-state index in [1.807, 2.05) is 43.4 Å². The zero-order valence-electron chi connectivity index (χ0n) is 13.0. The maximum Gasteiger partial charge on any atom is 0.257 e. The van der Waals surface area contributed by atoms with Crippen LogP contribution in [0.25, 0.3) is 0 Å². The third-order valence-corrected chi connectivity index (χ3v) is 4.01. The number of carbonyl (C=O) groups excluding carboxylic acids is 1. The molecular weight excluding hydrogens is 278 g/mol. The molecule has 1 amide bonds. The number of likely N-dealkylation sites (tertiary alicyclic amines) is 1. The number of carbonyl (C=O) groups is 1. The van der Waals surface area contributed by atoms with E-state index in [2.05, 4.69) is 15.4 Å². The fraction of sp³-hybridized carbons (Fsp3) is 0.438. The van der Waals surface area contributed by atoms with E-state index >= 15 is 0 Å².